The van der Waals surface area contributed by atoms with E-state index in [2.05, 4.69) is 34.0 Å². The molecule has 1 aromatic heterocycles. The highest BCUT2D eigenvalue weighted by atomic mass is 32.1. The molecule has 2 aliphatic rings. The van der Waals surface area contributed by atoms with Crippen molar-refractivity contribution in [2.24, 2.45) is 0 Å². The molecule has 2 fully saturated rings. The SMILES string of the molecule is CCCC1NC(c2ccsc2)N(C2CCOCC2)C1=O. The molecule has 0 bridgehead atoms. The molecule has 20 heavy (non-hydrogen) atoms. The fourth-order valence-corrected chi connectivity index (χ4v) is 3.87. The molecule has 1 N–H and O–H groups in total. The van der Waals surface area contributed by atoms with Crippen LogP contribution in [-0.4, -0.2) is 36.1 Å². The number of hydrogen-bond donors (Lipinski definition) is 1. The van der Waals surface area contributed by atoms with Crippen LogP contribution in [0.25, 0.3) is 0 Å². The van der Waals surface area contributed by atoms with Crippen molar-refractivity contribution in [2.75, 3.05) is 13.2 Å². The van der Waals surface area contributed by atoms with Crippen molar-refractivity contribution in [3.05, 3.63) is 22.4 Å². The van der Waals surface area contributed by atoms with Gasteiger partial charge < -0.3 is 9.64 Å². The Labute approximate surface area is 124 Å². The number of ether oxygens (including phenoxy) is 1. The average molecular weight is 294 g/mol. The maximum absolute atomic E-state index is 12.7. The third-order valence-corrected chi connectivity index (χ3v) is 4.91. The fraction of sp³-hybridized carbons (Fsp3) is 0.667. The summed E-state index contributed by atoms with van der Waals surface area (Å²) in [7, 11) is 0. The predicted octanol–water partition coefficient (Wildman–Crippen LogP) is 2.53. The third kappa shape index (κ3) is 2.62. The summed E-state index contributed by atoms with van der Waals surface area (Å²) >= 11 is 1.69. The summed E-state index contributed by atoms with van der Waals surface area (Å²) in [6, 6.07) is 2.42. The molecule has 4 nitrogen and oxygen atoms in total. The van der Waals surface area contributed by atoms with Crippen LogP contribution < -0.4 is 5.32 Å². The maximum atomic E-state index is 12.7. The molecule has 110 valence electrons. The highest BCUT2D eigenvalue weighted by molar-refractivity contribution is 7.07. The molecule has 3 rings (SSSR count). The van der Waals surface area contributed by atoms with Gasteiger partial charge in [0, 0.05) is 19.3 Å². The molecule has 0 aliphatic carbocycles. The Bertz CT molecular complexity index is 443. The summed E-state index contributed by atoms with van der Waals surface area (Å²) < 4.78 is 5.44. The number of thiophene rings is 1. The molecular formula is C15H22N2O2S. The van der Waals surface area contributed by atoms with E-state index in [1.54, 1.807) is 11.3 Å². The van der Waals surface area contributed by atoms with Gasteiger partial charge in [-0.15, -0.1) is 0 Å². The molecule has 5 heteroatoms. The quantitative estimate of drug-likeness (QED) is 0.928. The van der Waals surface area contributed by atoms with Crippen LogP contribution in [0.15, 0.2) is 16.8 Å². The number of rotatable bonds is 4. The van der Waals surface area contributed by atoms with E-state index in [0.717, 1.165) is 38.9 Å². The lowest BCUT2D eigenvalue weighted by Gasteiger charge is -2.35. The molecule has 2 atom stereocenters. The Kier molecular flexibility index (Phi) is 4.38. The van der Waals surface area contributed by atoms with Crippen LogP contribution in [0.5, 0.6) is 0 Å². The van der Waals surface area contributed by atoms with Gasteiger partial charge >= 0.3 is 0 Å². The lowest BCUT2D eigenvalue weighted by atomic mass is 10.1. The second-order valence-electron chi connectivity index (χ2n) is 5.56. The molecule has 0 saturated carbocycles. The minimum absolute atomic E-state index is 0.0206. The first-order valence-electron chi connectivity index (χ1n) is 7.49. The number of carbonyl (C=O) groups excluding carboxylic acids is 1. The first-order valence-corrected chi connectivity index (χ1v) is 8.43. The summed E-state index contributed by atoms with van der Waals surface area (Å²) in [6.07, 6.45) is 3.90. The van der Waals surface area contributed by atoms with Crippen LogP contribution in [0.3, 0.4) is 0 Å². The summed E-state index contributed by atoms with van der Waals surface area (Å²) in [5.74, 6) is 0.273. The van der Waals surface area contributed by atoms with Crippen LogP contribution in [0, 0.1) is 0 Å². The van der Waals surface area contributed by atoms with E-state index in [9.17, 15) is 4.79 Å². The van der Waals surface area contributed by atoms with Crippen molar-refractivity contribution in [2.45, 2.75) is 50.9 Å². The largest absolute Gasteiger partial charge is 0.381 e. The second kappa shape index (κ2) is 6.24. The van der Waals surface area contributed by atoms with Crippen molar-refractivity contribution in [3.8, 4) is 0 Å². The summed E-state index contributed by atoms with van der Waals surface area (Å²) in [5, 5.41) is 7.76. The zero-order valence-electron chi connectivity index (χ0n) is 11.9. The summed E-state index contributed by atoms with van der Waals surface area (Å²) in [4.78, 5) is 14.8. The van der Waals surface area contributed by atoms with Crippen LogP contribution in [-0.2, 0) is 9.53 Å². The topological polar surface area (TPSA) is 41.6 Å². The molecule has 3 heterocycles. The Morgan fingerprint density at radius 1 is 1.45 bits per heavy atom. The zero-order valence-corrected chi connectivity index (χ0v) is 12.7. The molecule has 2 unspecified atom stereocenters. The lowest BCUT2D eigenvalue weighted by Crippen LogP contribution is -2.43. The van der Waals surface area contributed by atoms with Gasteiger partial charge in [0.15, 0.2) is 0 Å². The average Bonchev–Trinajstić information content (AvgIpc) is 3.09. The van der Waals surface area contributed by atoms with Crippen LogP contribution in [0.1, 0.15) is 44.3 Å². The highest BCUT2D eigenvalue weighted by Crippen LogP contribution is 2.32. The number of amides is 1. The van der Waals surface area contributed by atoms with Gasteiger partial charge in [0.25, 0.3) is 0 Å². The van der Waals surface area contributed by atoms with E-state index in [1.165, 1.54) is 5.56 Å². The third-order valence-electron chi connectivity index (χ3n) is 4.21. The first kappa shape index (κ1) is 14.0. The van der Waals surface area contributed by atoms with Crippen LogP contribution >= 0.6 is 11.3 Å². The Morgan fingerprint density at radius 2 is 2.25 bits per heavy atom. The van der Waals surface area contributed by atoms with Crippen LogP contribution in [0.2, 0.25) is 0 Å². The smallest absolute Gasteiger partial charge is 0.241 e. The molecule has 1 amide bonds. The van der Waals surface area contributed by atoms with E-state index in [-0.39, 0.29) is 18.1 Å². The summed E-state index contributed by atoms with van der Waals surface area (Å²) in [5.41, 5.74) is 1.22. The molecule has 0 radical (unpaired) electrons. The number of carbonyl (C=O) groups is 1. The Balaban J connectivity index is 1.83. The molecule has 0 aromatic carbocycles. The van der Waals surface area contributed by atoms with Crippen molar-refractivity contribution >= 4 is 17.2 Å². The maximum Gasteiger partial charge on any atom is 0.241 e. The minimum Gasteiger partial charge on any atom is -0.381 e. The van der Waals surface area contributed by atoms with E-state index in [0.29, 0.717) is 6.04 Å². The zero-order chi connectivity index (χ0) is 13.9. The molecule has 2 saturated heterocycles. The highest BCUT2D eigenvalue weighted by Gasteiger charge is 2.42. The second-order valence-corrected chi connectivity index (χ2v) is 6.34. The van der Waals surface area contributed by atoms with Gasteiger partial charge in [-0.05, 0) is 41.7 Å². The molecule has 2 aliphatic heterocycles. The standard InChI is InChI=1S/C15H22N2O2S/c1-2-3-13-15(18)17(12-4-7-19-8-5-12)14(16-13)11-6-9-20-10-11/h6,9-10,12-14,16H,2-5,7-8H2,1H3. The Morgan fingerprint density at radius 3 is 2.90 bits per heavy atom. The first-order chi connectivity index (χ1) is 9.81. The van der Waals surface area contributed by atoms with Gasteiger partial charge in [-0.1, -0.05) is 13.3 Å². The van der Waals surface area contributed by atoms with Crippen molar-refractivity contribution in [1.29, 1.82) is 0 Å². The van der Waals surface area contributed by atoms with Crippen molar-refractivity contribution < 1.29 is 9.53 Å². The minimum atomic E-state index is -0.0206. The van der Waals surface area contributed by atoms with E-state index >= 15 is 0 Å². The number of hydrogen-bond acceptors (Lipinski definition) is 4. The predicted molar refractivity (Wildman–Crippen MR) is 79.6 cm³/mol. The van der Waals surface area contributed by atoms with Crippen molar-refractivity contribution in [3.63, 3.8) is 0 Å². The lowest BCUT2D eigenvalue weighted by molar-refractivity contribution is -0.134. The van der Waals surface area contributed by atoms with Gasteiger partial charge in [-0.2, -0.15) is 11.3 Å². The molecule has 1 aromatic rings. The number of nitrogens with zero attached hydrogens (tertiary/aromatic N) is 1. The van der Waals surface area contributed by atoms with Crippen LogP contribution in [0.4, 0.5) is 0 Å². The van der Waals surface area contributed by atoms with Gasteiger partial charge in [0.05, 0.1) is 6.04 Å². The fourth-order valence-electron chi connectivity index (χ4n) is 3.19. The van der Waals surface area contributed by atoms with E-state index < -0.39 is 0 Å². The molecule has 0 spiro atoms. The van der Waals surface area contributed by atoms with Gasteiger partial charge in [-0.3, -0.25) is 10.1 Å². The van der Waals surface area contributed by atoms with Gasteiger partial charge in [0.2, 0.25) is 5.91 Å². The van der Waals surface area contributed by atoms with Gasteiger partial charge in [-0.25, -0.2) is 0 Å². The van der Waals surface area contributed by atoms with Crippen molar-refractivity contribution in [1.82, 2.24) is 10.2 Å². The van der Waals surface area contributed by atoms with E-state index in [1.807, 2.05) is 0 Å². The normalized spacial score (nSPS) is 28.2. The monoisotopic (exact) mass is 294 g/mol. The van der Waals surface area contributed by atoms with E-state index in [4.69, 9.17) is 4.74 Å². The summed E-state index contributed by atoms with van der Waals surface area (Å²) in [6.45, 7) is 3.66. The Hall–Kier alpha value is -0.910. The van der Waals surface area contributed by atoms with Gasteiger partial charge in [0.1, 0.15) is 6.17 Å². The number of nitrogens with one attached hydrogen (secondary N) is 1. The molecular weight excluding hydrogens is 272 g/mol.